The van der Waals surface area contributed by atoms with E-state index in [0.29, 0.717) is 0 Å². The molecule has 0 saturated carbocycles. The molecule has 0 unspecified atom stereocenters. The first-order valence-corrected chi connectivity index (χ1v) is 18.7. The van der Waals surface area contributed by atoms with Crippen LogP contribution in [0.1, 0.15) is 102 Å². The summed E-state index contributed by atoms with van der Waals surface area (Å²) in [6.45, 7) is 8.85. The van der Waals surface area contributed by atoms with Gasteiger partial charge in [0.15, 0.2) is 0 Å². The van der Waals surface area contributed by atoms with Crippen LogP contribution >= 0.6 is 0 Å². The average Bonchev–Trinajstić information content (AvgIpc) is 3.34. The second-order valence-electron chi connectivity index (χ2n) is 8.86. The number of imidazole rings is 2. The zero-order chi connectivity index (χ0) is 21.0. The van der Waals surface area contributed by atoms with Gasteiger partial charge in [0.05, 0.1) is 0 Å². The molecular weight excluding hydrogens is 463 g/mol. The molecule has 2 aromatic rings. The Labute approximate surface area is 184 Å². The molecule has 5 heteroatoms. The molecule has 0 saturated heterocycles. The van der Waals surface area contributed by atoms with Crippen molar-refractivity contribution in [2.45, 2.75) is 114 Å². The monoisotopic (exact) mass is 508 g/mol. The SMILES string of the molecule is CCCCCCC[CH2][Sn]([CH2]CCCCCCC)([n]1cnc(C)c1)[n]1cnc(C)c1. The molecule has 2 aromatic heterocycles. The number of nitrogens with zero attached hydrogens (tertiary/aromatic N) is 4. The van der Waals surface area contributed by atoms with E-state index in [1.807, 2.05) is 0 Å². The molecule has 4 nitrogen and oxygen atoms in total. The molecule has 0 fully saturated rings. The van der Waals surface area contributed by atoms with Crippen LogP contribution in [0, 0.1) is 13.8 Å². The Morgan fingerprint density at radius 2 is 1.00 bits per heavy atom. The van der Waals surface area contributed by atoms with Crippen molar-refractivity contribution in [2.24, 2.45) is 0 Å². The van der Waals surface area contributed by atoms with Gasteiger partial charge in [-0.3, -0.25) is 0 Å². The van der Waals surface area contributed by atoms with Gasteiger partial charge in [-0.25, -0.2) is 0 Å². The first-order chi connectivity index (χ1) is 14.1. The molecular formula is C24H44N4Sn. The molecule has 0 atom stereocenters. The van der Waals surface area contributed by atoms with Gasteiger partial charge in [0.1, 0.15) is 0 Å². The van der Waals surface area contributed by atoms with Gasteiger partial charge in [-0.05, 0) is 0 Å². The van der Waals surface area contributed by atoms with Crippen LogP contribution < -0.4 is 0 Å². The Hall–Kier alpha value is -0.781. The van der Waals surface area contributed by atoms with Gasteiger partial charge < -0.3 is 0 Å². The van der Waals surface area contributed by atoms with Crippen molar-refractivity contribution in [3.63, 3.8) is 0 Å². The van der Waals surface area contributed by atoms with Gasteiger partial charge in [0.2, 0.25) is 0 Å². The molecule has 0 amide bonds. The Morgan fingerprint density at radius 3 is 1.34 bits per heavy atom. The molecule has 0 bridgehead atoms. The van der Waals surface area contributed by atoms with Crippen molar-refractivity contribution in [3.8, 4) is 0 Å². The number of unbranched alkanes of at least 4 members (excludes halogenated alkanes) is 10. The van der Waals surface area contributed by atoms with Gasteiger partial charge in [-0.1, -0.05) is 0 Å². The molecule has 0 aliphatic heterocycles. The van der Waals surface area contributed by atoms with E-state index in [1.165, 1.54) is 85.9 Å². The average molecular weight is 507 g/mol. The normalized spacial score (nSPS) is 12.0. The molecule has 2 heterocycles. The summed E-state index contributed by atoms with van der Waals surface area (Å²) in [6, 6.07) is 0. The van der Waals surface area contributed by atoms with Crippen molar-refractivity contribution >= 4 is 18.9 Å². The minimum absolute atomic E-state index is 1.15. The quantitative estimate of drug-likeness (QED) is 0.177. The molecule has 0 aromatic carbocycles. The number of aromatic nitrogens is 4. The predicted molar refractivity (Wildman–Crippen MR) is 127 cm³/mol. The first kappa shape index (κ1) is 24.5. The Bertz CT molecular complexity index is 618. The van der Waals surface area contributed by atoms with Gasteiger partial charge in [0.25, 0.3) is 0 Å². The standard InChI is InChI=1S/2C8H17.2C4H5N2.Sn/c2*1-3-5-7-8-6-4-2;2*1-4-2-5-3-6-4;/h2*1,3-8H2,2H3;2*2-3H,1H3;/q;;2*-1;+2. The number of rotatable bonds is 16. The van der Waals surface area contributed by atoms with E-state index in [-0.39, 0.29) is 0 Å². The third-order valence-corrected chi connectivity index (χ3v) is 19.7. The van der Waals surface area contributed by atoms with Gasteiger partial charge in [-0.15, -0.1) is 0 Å². The van der Waals surface area contributed by atoms with E-state index < -0.39 is 18.9 Å². The Kier molecular flexibility index (Phi) is 11.4. The van der Waals surface area contributed by atoms with Crippen LogP contribution in [0.25, 0.3) is 0 Å². The number of hydrogen-bond acceptors (Lipinski definition) is 2. The Morgan fingerprint density at radius 1 is 0.621 bits per heavy atom. The van der Waals surface area contributed by atoms with Crippen LogP contribution in [0.4, 0.5) is 0 Å². The predicted octanol–water partition coefficient (Wildman–Crippen LogP) is 7.26. The Balaban J connectivity index is 2.13. The van der Waals surface area contributed by atoms with E-state index in [4.69, 9.17) is 0 Å². The zero-order valence-electron chi connectivity index (χ0n) is 19.5. The van der Waals surface area contributed by atoms with Gasteiger partial charge in [-0.2, -0.15) is 0 Å². The van der Waals surface area contributed by atoms with Gasteiger partial charge in [0, 0.05) is 0 Å². The number of hydrogen-bond donors (Lipinski definition) is 0. The third-order valence-electron chi connectivity index (χ3n) is 6.25. The summed E-state index contributed by atoms with van der Waals surface area (Å²) in [6.07, 6.45) is 25.3. The van der Waals surface area contributed by atoms with Crippen molar-refractivity contribution in [1.82, 2.24) is 15.5 Å². The molecule has 0 N–H and O–H groups in total. The van der Waals surface area contributed by atoms with Crippen LogP contribution in [-0.4, -0.2) is 34.5 Å². The number of aryl methyl sites for hydroxylation is 2. The topological polar surface area (TPSA) is 35.6 Å². The second kappa shape index (κ2) is 13.5. The van der Waals surface area contributed by atoms with E-state index >= 15 is 0 Å². The second-order valence-corrected chi connectivity index (χ2v) is 20.3. The fourth-order valence-corrected chi connectivity index (χ4v) is 17.5. The zero-order valence-corrected chi connectivity index (χ0v) is 22.4. The summed E-state index contributed by atoms with van der Waals surface area (Å²) in [5.74, 6) is 0. The van der Waals surface area contributed by atoms with Crippen molar-refractivity contribution in [2.75, 3.05) is 0 Å². The summed E-state index contributed by atoms with van der Waals surface area (Å²) in [5.41, 5.74) is 2.29. The molecule has 0 spiro atoms. The minimum atomic E-state index is -2.89. The van der Waals surface area contributed by atoms with E-state index in [2.05, 4.69) is 68.3 Å². The van der Waals surface area contributed by atoms with Crippen molar-refractivity contribution in [3.05, 3.63) is 36.4 Å². The maximum atomic E-state index is 4.63. The van der Waals surface area contributed by atoms with Crippen LogP contribution in [0.15, 0.2) is 25.0 Å². The van der Waals surface area contributed by atoms with Crippen LogP contribution in [0.2, 0.25) is 8.87 Å². The summed E-state index contributed by atoms with van der Waals surface area (Å²) in [5, 5.41) is 0. The molecule has 0 aliphatic carbocycles. The summed E-state index contributed by atoms with van der Waals surface area (Å²) < 4.78 is 7.90. The molecule has 0 radical (unpaired) electrons. The summed E-state index contributed by atoms with van der Waals surface area (Å²) >= 11 is -2.89. The fourth-order valence-electron chi connectivity index (χ4n) is 4.45. The maximum absolute atomic E-state index is 4.63. The van der Waals surface area contributed by atoms with Crippen molar-refractivity contribution < 1.29 is 0 Å². The summed E-state index contributed by atoms with van der Waals surface area (Å²) in [7, 11) is 0. The van der Waals surface area contributed by atoms with E-state index in [0.717, 1.165) is 11.4 Å². The van der Waals surface area contributed by atoms with Crippen LogP contribution in [0.5, 0.6) is 0 Å². The van der Waals surface area contributed by atoms with Crippen molar-refractivity contribution in [1.29, 1.82) is 0 Å². The summed E-state index contributed by atoms with van der Waals surface area (Å²) in [4.78, 5) is 9.27. The van der Waals surface area contributed by atoms with E-state index in [9.17, 15) is 0 Å². The van der Waals surface area contributed by atoms with Gasteiger partial charge >= 0.3 is 185 Å². The molecule has 164 valence electrons. The molecule has 29 heavy (non-hydrogen) atoms. The molecule has 0 aliphatic rings. The van der Waals surface area contributed by atoms with E-state index in [1.54, 1.807) is 0 Å². The van der Waals surface area contributed by atoms with Crippen LogP contribution in [0.3, 0.4) is 0 Å². The first-order valence-electron chi connectivity index (χ1n) is 12.1. The third kappa shape index (κ3) is 7.76. The molecule has 2 rings (SSSR count). The van der Waals surface area contributed by atoms with Crippen LogP contribution in [-0.2, 0) is 0 Å². The fraction of sp³-hybridized carbons (Fsp3) is 0.750.